The number of benzene rings is 1. The highest BCUT2D eigenvalue weighted by atomic mass is 32.2. The van der Waals surface area contributed by atoms with Crippen LogP contribution >= 0.6 is 11.8 Å². The number of hydrogen-bond donors (Lipinski definition) is 2. The molecule has 2 aromatic rings. The molecule has 1 atom stereocenters. The largest absolute Gasteiger partial charge is 0.366 e. The first-order valence-corrected chi connectivity index (χ1v) is 8.18. The Hall–Kier alpha value is -2.61. The zero-order valence-electron chi connectivity index (χ0n) is 13.5. The highest BCUT2D eigenvalue weighted by molar-refractivity contribution is 8.00. The lowest BCUT2D eigenvalue weighted by atomic mass is 10.2. The Labute approximate surface area is 144 Å². The van der Waals surface area contributed by atoms with Crippen LogP contribution in [0.3, 0.4) is 0 Å². The second-order valence-electron chi connectivity index (χ2n) is 5.12. The van der Waals surface area contributed by atoms with Crippen LogP contribution in [-0.2, 0) is 11.3 Å². The van der Waals surface area contributed by atoms with Crippen LogP contribution in [0.15, 0.2) is 42.1 Å². The van der Waals surface area contributed by atoms with Crippen LogP contribution < -0.4 is 11.1 Å². The quantitative estimate of drug-likeness (QED) is 0.590. The second-order valence-corrected chi connectivity index (χ2v) is 6.43. The minimum absolute atomic E-state index is 0.169. The number of aryl methyl sites for hydroxylation is 1. The maximum absolute atomic E-state index is 12.3. The number of primary amides is 1. The van der Waals surface area contributed by atoms with Gasteiger partial charge in [-0.25, -0.2) is 0 Å². The summed E-state index contributed by atoms with van der Waals surface area (Å²) in [6, 6.07) is 6.42. The molecule has 0 aliphatic carbocycles. The predicted molar refractivity (Wildman–Crippen MR) is 93.9 cm³/mol. The van der Waals surface area contributed by atoms with Crippen LogP contribution in [0.1, 0.15) is 23.1 Å². The first-order valence-electron chi connectivity index (χ1n) is 7.30. The summed E-state index contributed by atoms with van der Waals surface area (Å²) in [7, 11) is 0. The van der Waals surface area contributed by atoms with Crippen LogP contribution in [0, 0.1) is 6.92 Å². The molecule has 126 valence electrons. The van der Waals surface area contributed by atoms with E-state index in [1.807, 2.05) is 11.5 Å². The van der Waals surface area contributed by atoms with Crippen LogP contribution in [-0.4, -0.2) is 31.8 Å². The number of nitrogens with two attached hydrogens (primary N) is 1. The van der Waals surface area contributed by atoms with E-state index in [0.29, 0.717) is 23.0 Å². The van der Waals surface area contributed by atoms with E-state index in [9.17, 15) is 9.59 Å². The van der Waals surface area contributed by atoms with Crippen molar-refractivity contribution in [3.63, 3.8) is 0 Å². The Kier molecular flexibility index (Phi) is 5.75. The number of carbonyl (C=O) groups excluding carboxylic acids is 2. The Balaban J connectivity index is 2.02. The lowest BCUT2D eigenvalue weighted by Gasteiger charge is -2.12. The molecule has 2 rings (SSSR count). The fourth-order valence-electron chi connectivity index (χ4n) is 1.96. The molecule has 24 heavy (non-hydrogen) atoms. The number of aromatic nitrogens is 3. The minimum atomic E-state index is -0.506. The maximum Gasteiger partial charge on any atom is 0.248 e. The molecule has 0 aliphatic heterocycles. The number of allylic oxidation sites excluding steroid dienone is 1. The third kappa shape index (κ3) is 4.23. The van der Waals surface area contributed by atoms with E-state index in [0.717, 1.165) is 5.82 Å². The van der Waals surface area contributed by atoms with Crippen LogP contribution in [0.5, 0.6) is 0 Å². The molecule has 8 heteroatoms. The Morgan fingerprint density at radius 2 is 2.04 bits per heavy atom. The number of nitrogens with zero attached hydrogens (tertiary/aromatic N) is 3. The molecule has 0 fully saturated rings. The van der Waals surface area contributed by atoms with Gasteiger partial charge in [0.25, 0.3) is 0 Å². The van der Waals surface area contributed by atoms with Crippen LogP contribution in [0.2, 0.25) is 0 Å². The number of anilines is 1. The molecule has 0 aliphatic rings. The average Bonchev–Trinajstić information content (AvgIpc) is 2.89. The summed E-state index contributed by atoms with van der Waals surface area (Å²) in [6.07, 6.45) is 1.76. The molecule has 2 amide bonds. The molecule has 3 N–H and O–H groups in total. The van der Waals surface area contributed by atoms with Gasteiger partial charge in [0.05, 0.1) is 5.25 Å². The van der Waals surface area contributed by atoms with Crippen molar-refractivity contribution in [2.45, 2.75) is 30.8 Å². The number of thioether (sulfide) groups is 1. The normalized spacial score (nSPS) is 11.8. The number of nitrogens with one attached hydrogen (secondary N) is 1. The SMILES string of the molecule is C=CCn1c(C)nnc1SC(C)C(=O)Nc1ccc(C(N)=O)cc1. The molecule has 1 unspecified atom stereocenters. The van der Waals surface area contributed by atoms with E-state index in [2.05, 4.69) is 22.1 Å². The third-order valence-electron chi connectivity index (χ3n) is 3.30. The third-order valence-corrected chi connectivity index (χ3v) is 4.38. The van der Waals surface area contributed by atoms with Gasteiger partial charge < -0.3 is 15.6 Å². The average molecular weight is 345 g/mol. The van der Waals surface area contributed by atoms with Crippen molar-refractivity contribution < 1.29 is 9.59 Å². The first-order chi connectivity index (χ1) is 11.4. The van der Waals surface area contributed by atoms with E-state index in [1.54, 1.807) is 37.3 Å². The molecule has 7 nitrogen and oxygen atoms in total. The molecule has 0 saturated carbocycles. The summed E-state index contributed by atoms with van der Waals surface area (Å²) in [5.41, 5.74) is 6.18. The van der Waals surface area contributed by atoms with Crippen molar-refractivity contribution >= 4 is 29.3 Å². The van der Waals surface area contributed by atoms with Crippen LogP contribution in [0.4, 0.5) is 5.69 Å². The van der Waals surface area contributed by atoms with Crippen molar-refractivity contribution in [3.05, 3.63) is 48.3 Å². The molecule has 1 heterocycles. The molecule has 1 aromatic heterocycles. The van der Waals surface area contributed by atoms with Gasteiger partial charge >= 0.3 is 0 Å². The van der Waals surface area contributed by atoms with Crippen molar-refractivity contribution in [1.82, 2.24) is 14.8 Å². The van der Waals surface area contributed by atoms with E-state index >= 15 is 0 Å². The van der Waals surface area contributed by atoms with Gasteiger partial charge in [0.1, 0.15) is 5.82 Å². The first kappa shape index (κ1) is 17.7. The Morgan fingerprint density at radius 3 is 2.62 bits per heavy atom. The fourth-order valence-corrected chi connectivity index (χ4v) is 2.87. The number of carbonyl (C=O) groups is 2. The lowest BCUT2D eigenvalue weighted by molar-refractivity contribution is -0.115. The molecular formula is C16H19N5O2S. The van der Waals surface area contributed by atoms with Crippen molar-refractivity contribution in [1.29, 1.82) is 0 Å². The van der Waals surface area contributed by atoms with Crippen molar-refractivity contribution in [2.24, 2.45) is 5.73 Å². The van der Waals surface area contributed by atoms with Gasteiger partial charge in [0.15, 0.2) is 5.16 Å². The summed E-state index contributed by atoms with van der Waals surface area (Å²) in [5, 5.41) is 11.2. The molecule has 0 saturated heterocycles. The molecule has 0 spiro atoms. The van der Waals surface area contributed by atoms with Crippen molar-refractivity contribution in [2.75, 3.05) is 5.32 Å². The van der Waals surface area contributed by atoms with Gasteiger partial charge in [-0.15, -0.1) is 16.8 Å². The summed E-state index contributed by atoms with van der Waals surface area (Å²) < 4.78 is 1.89. The fraction of sp³-hybridized carbons (Fsp3) is 0.250. The van der Waals surface area contributed by atoms with E-state index in [4.69, 9.17) is 5.73 Å². The Morgan fingerprint density at radius 1 is 1.38 bits per heavy atom. The van der Waals surface area contributed by atoms with Gasteiger partial charge in [-0.3, -0.25) is 9.59 Å². The molecule has 0 radical (unpaired) electrons. The van der Waals surface area contributed by atoms with E-state index in [-0.39, 0.29) is 11.2 Å². The summed E-state index contributed by atoms with van der Waals surface area (Å²) >= 11 is 1.32. The molecule has 1 aromatic carbocycles. The highest BCUT2D eigenvalue weighted by Gasteiger charge is 2.19. The number of hydrogen-bond acceptors (Lipinski definition) is 5. The summed E-state index contributed by atoms with van der Waals surface area (Å²) in [4.78, 5) is 23.4. The van der Waals surface area contributed by atoms with Crippen LogP contribution in [0.25, 0.3) is 0 Å². The summed E-state index contributed by atoms with van der Waals surface area (Å²) in [5.74, 6) is 0.0957. The van der Waals surface area contributed by atoms with Gasteiger partial charge in [-0.1, -0.05) is 17.8 Å². The topological polar surface area (TPSA) is 103 Å². The lowest BCUT2D eigenvalue weighted by Crippen LogP contribution is -2.23. The smallest absolute Gasteiger partial charge is 0.248 e. The zero-order valence-corrected chi connectivity index (χ0v) is 14.3. The standard InChI is InChI=1S/C16H19N5O2S/c1-4-9-21-11(3)19-20-16(21)24-10(2)15(23)18-13-7-5-12(6-8-13)14(17)22/h4-8,10H,1,9H2,2-3H3,(H2,17,22)(H,18,23). The van der Waals surface area contributed by atoms with Gasteiger partial charge in [0.2, 0.25) is 11.8 Å². The van der Waals surface area contributed by atoms with E-state index in [1.165, 1.54) is 11.8 Å². The van der Waals surface area contributed by atoms with Crippen molar-refractivity contribution in [3.8, 4) is 0 Å². The maximum atomic E-state index is 12.3. The predicted octanol–water partition coefficient (Wildman–Crippen LogP) is 1.99. The molecular weight excluding hydrogens is 326 g/mol. The van der Waals surface area contributed by atoms with E-state index < -0.39 is 5.91 Å². The van der Waals surface area contributed by atoms with Gasteiger partial charge in [0, 0.05) is 17.8 Å². The monoisotopic (exact) mass is 345 g/mol. The summed E-state index contributed by atoms with van der Waals surface area (Å²) in [6.45, 7) is 7.94. The number of rotatable bonds is 7. The van der Waals surface area contributed by atoms with Gasteiger partial charge in [-0.05, 0) is 38.1 Å². The Bertz CT molecular complexity index is 754. The number of amides is 2. The van der Waals surface area contributed by atoms with Gasteiger partial charge in [-0.2, -0.15) is 0 Å². The highest BCUT2D eigenvalue weighted by Crippen LogP contribution is 2.23. The zero-order chi connectivity index (χ0) is 17.7. The second kappa shape index (κ2) is 7.78. The minimum Gasteiger partial charge on any atom is -0.366 e. The molecule has 0 bridgehead atoms.